The third kappa shape index (κ3) is 3.12. The van der Waals surface area contributed by atoms with E-state index in [0.717, 1.165) is 17.0 Å². The molecule has 0 aromatic rings. The smallest absolute Gasteiger partial charge is 0.424 e. The van der Waals surface area contributed by atoms with Crippen molar-refractivity contribution in [1.82, 2.24) is 4.31 Å². The molecule has 132 valence electrons. The largest absolute Gasteiger partial charge is 0.443 e. The van der Waals surface area contributed by atoms with Gasteiger partial charge in [-0.1, -0.05) is 13.3 Å². The molecule has 1 aliphatic carbocycles. The summed E-state index contributed by atoms with van der Waals surface area (Å²) in [5, 5.41) is -0.664. The lowest BCUT2D eigenvalue weighted by atomic mass is 9.69. The van der Waals surface area contributed by atoms with Crippen LogP contribution in [0.25, 0.3) is 0 Å². The maximum Gasteiger partial charge on any atom is 0.424 e. The topological polar surface area (TPSA) is 80.8 Å². The number of nitrogens with zero attached hydrogens (tertiary/aromatic N) is 1. The normalized spacial score (nSPS) is 36.4. The minimum absolute atomic E-state index is 0.185. The molecule has 1 aliphatic heterocycles. The van der Waals surface area contributed by atoms with E-state index in [9.17, 15) is 18.0 Å². The van der Waals surface area contributed by atoms with Crippen molar-refractivity contribution in [3.05, 3.63) is 0 Å². The molecule has 0 aromatic heterocycles. The Hall–Kier alpha value is -1.11. The van der Waals surface area contributed by atoms with Crippen molar-refractivity contribution in [1.29, 1.82) is 0 Å². The maximum absolute atomic E-state index is 12.8. The highest BCUT2D eigenvalue weighted by molar-refractivity contribution is 7.90. The van der Waals surface area contributed by atoms with Crippen molar-refractivity contribution >= 4 is 22.4 Å². The number of hydrogen-bond acceptors (Lipinski definition) is 5. The van der Waals surface area contributed by atoms with Crippen molar-refractivity contribution in [3.8, 4) is 0 Å². The van der Waals surface area contributed by atoms with Gasteiger partial charge in [-0.2, -0.15) is 0 Å². The van der Waals surface area contributed by atoms with Crippen LogP contribution in [0.2, 0.25) is 0 Å². The highest BCUT2D eigenvalue weighted by Gasteiger charge is 2.59. The van der Waals surface area contributed by atoms with Gasteiger partial charge in [-0.25, -0.2) is 17.5 Å². The molecule has 1 heterocycles. The van der Waals surface area contributed by atoms with Crippen LogP contribution in [0.1, 0.15) is 53.9 Å². The van der Waals surface area contributed by atoms with Crippen LogP contribution >= 0.6 is 0 Å². The molecule has 6 nitrogen and oxygen atoms in total. The zero-order valence-corrected chi connectivity index (χ0v) is 15.3. The molecule has 7 heteroatoms. The summed E-state index contributed by atoms with van der Waals surface area (Å²) in [6.07, 6.45) is 2.09. The fourth-order valence-corrected chi connectivity index (χ4v) is 6.48. The number of sulfonamides is 1. The van der Waals surface area contributed by atoms with Crippen LogP contribution in [0.4, 0.5) is 4.79 Å². The Morgan fingerprint density at radius 3 is 2.39 bits per heavy atom. The fraction of sp³-hybridized carbons (Fsp3) is 0.875. The molecule has 0 aromatic carbocycles. The Labute approximate surface area is 138 Å². The molecule has 0 radical (unpaired) electrons. The van der Waals surface area contributed by atoms with E-state index in [1.165, 1.54) is 0 Å². The Bertz CT molecular complexity index is 580. The molecule has 2 rings (SSSR count). The first-order valence-corrected chi connectivity index (χ1v) is 9.76. The molecule has 0 unspecified atom stereocenters. The average molecular weight is 345 g/mol. The number of amides is 1. The van der Waals surface area contributed by atoms with E-state index < -0.39 is 33.0 Å². The minimum atomic E-state index is -3.78. The van der Waals surface area contributed by atoms with E-state index in [1.54, 1.807) is 27.7 Å². The van der Waals surface area contributed by atoms with Gasteiger partial charge in [0.15, 0.2) is 0 Å². The summed E-state index contributed by atoms with van der Waals surface area (Å²) in [5.41, 5.74) is -0.768. The molecule has 2 aliphatic rings. The molecule has 5 atom stereocenters. The standard InChI is InChI=1S/C16H27NO5S/c1-6-11-7-8-13-14(12(11)9-18)10(2)17(23(13,20)21)15(19)22-16(3,4)5/h9-14H,6-8H2,1-5H3/t10-,11-,12+,13-,14+/m1/s1. The van der Waals surface area contributed by atoms with Crippen molar-refractivity contribution in [2.24, 2.45) is 17.8 Å². The van der Waals surface area contributed by atoms with Gasteiger partial charge in [-0.05, 0) is 46.5 Å². The van der Waals surface area contributed by atoms with Gasteiger partial charge in [0.05, 0.1) is 11.3 Å². The molecular formula is C16H27NO5S. The van der Waals surface area contributed by atoms with Gasteiger partial charge >= 0.3 is 6.09 Å². The van der Waals surface area contributed by atoms with E-state index in [0.29, 0.717) is 12.8 Å². The van der Waals surface area contributed by atoms with Crippen molar-refractivity contribution in [2.45, 2.75) is 70.8 Å². The van der Waals surface area contributed by atoms with E-state index >= 15 is 0 Å². The second-order valence-electron chi connectivity index (χ2n) is 7.64. The van der Waals surface area contributed by atoms with E-state index in [2.05, 4.69) is 0 Å². The Kier molecular flexibility index (Phi) is 4.81. The number of fused-ring (bicyclic) bond motifs is 1. The maximum atomic E-state index is 12.8. The molecule has 0 spiro atoms. The second-order valence-corrected chi connectivity index (χ2v) is 9.67. The summed E-state index contributed by atoms with van der Waals surface area (Å²) >= 11 is 0. The van der Waals surface area contributed by atoms with Crippen LogP contribution in [0, 0.1) is 17.8 Å². The zero-order chi connectivity index (χ0) is 17.6. The zero-order valence-electron chi connectivity index (χ0n) is 14.5. The number of carbonyl (C=O) groups excluding carboxylic acids is 2. The molecule has 1 saturated carbocycles. The minimum Gasteiger partial charge on any atom is -0.443 e. The van der Waals surface area contributed by atoms with Crippen LogP contribution in [-0.2, 0) is 19.6 Å². The molecule has 1 saturated heterocycles. The van der Waals surface area contributed by atoms with E-state index in [-0.39, 0.29) is 17.8 Å². The molecule has 23 heavy (non-hydrogen) atoms. The Balaban J connectivity index is 2.38. The fourth-order valence-electron chi connectivity index (χ4n) is 4.09. The number of aldehydes is 1. The number of ether oxygens (including phenoxy) is 1. The van der Waals surface area contributed by atoms with Gasteiger partial charge in [0, 0.05) is 11.8 Å². The summed E-state index contributed by atoms with van der Waals surface area (Å²) in [6.45, 7) is 8.83. The van der Waals surface area contributed by atoms with Gasteiger partial charge < -0.3 is 9.53 Å². The van der Waals surface area contributed by atoms with Gasteiger partial charge in [0.25, 0.3) is 0 Å². The van der Waals surface area contributed by atoms with E-state index in [4.69, 9.17) is 4.74 Å². The molecule has 0 bridgehead atoms. The van der Waals surface area contributed by atoms with Gasteiger partial charge in [-0.15, -0.1) is 0 Å². The molecule has 1 amide bonds. The highest BCUT2D eigenvalue weighted by atomic mass is 32.2. The first kappa shape index (κ1) is 18.2. The van der Waals surface area contributed by atoms with Crippen LogP contribution in [0.15, 0.2) is 0 Å². The quantitative estimate of drug-likeness (QED) is 0.719. The second kappa shape index (κ2) is 6.07. The van der Waals surface area contributed by atoms with Gasteiger partial charge in [0.1, 0.15) is 11.9 Å². The van der Waals surface area contributed by atoms with Crippen LogP contribution in [-0.4, -0.2) is 42.0 Å². The van der Waals surface area contributed by atoms with E-state index in [1.807, 2.05) is 6.92 Å². The van der Waals surface area contributed by atoms with Crippen molar-refractivity contribution in [3.63, 3.8) is 0 Å². The molecule has 2 fully saturated rings. The third-order valence-electron chi connectivity index (χ3n) is 5.08. The van der Waals surface area contributed by atoms with Crippen molar-refractivity contribution in [2.75, 3.05) is 0 Å². The summed E-state index contributed by atoms with van der Waals surface area (Å²) < 4.78 is 31.8. The molecular weight excluding hydrogens is 318 g/mol. The predicted octanol–water partition coefficient (Wildman–Crippen LogP) is 2.58. The van der Waals surface area contributed by atoms with Crippen LogP contribution in [0.5, 0.6) is 0 Å². The van der Waals surface area contributed by atoms with Gasteiger partial charge in [-0.3, -0.25) is 0 Å². The first-order valence-electron chi connectivity index (χ1n) is 8.26. The number of hydrogen-bond donors (Lipinski definition) is 0. The Morgan fingerprint density at radius 2 is 1.91 bits per heavy atom. The van der Waals surface area contributed by atoms with Gasteiger partial charge in [0.2, 0.25) is 10.0 Å². The monoisotopic (exact) mass is 345 g/mol. The lowest BCUT2D eigenvalue weighted by molar-refractivity contribution is -0.116. The summed E-state index contributed by atoms with van der Waals surface area (Å²) in [6, 6.07) is -0.551. The summed E-state index contributed by atoms with van der Waals surface area (Å²) in [7, 11) is -3.78. The van der Waals surface area contributed by atoms with Crippen molar-refractivity contribution < 1.29 is 22.7 Å². The highest BCUT2D eigenvalue weighted by Crippen LogP contribution is 2.48. The lowest BCUT2D eigenvalue weighted by Gasteiger charge is -2.36. The summed E-state index contributed by atoms with van der Waals surface area (Å²) in [5.74, 6) is -0.482. The predicted molar refractivity (Wildman–Crippen MR) is 86.3 cm³/mol. The lowest BCUT2D eigenvalue weighted by Crippen LogP contribution is -2.43. The number of rotatable bonds is 2. The third-order valence-corrected chi connectivity index (χ3v) is 7.42. The number of carbonyl (C=O) groups is 2. The van der Waals surface area contributed by atoms with Crippen LogP contribution < -0.4 is 0 Å². The molecule has 0 N–H and O–H groups in total. The Morgan fingerprint density at radius 1 is 1.30 bits per heavy atom. The average Bonchev–Trinajstić information content (AvgIpc) is 2.62. The first-order chi connectivity index (χ1) is 10.5. The SMILES string of the molecule is CC[C@@H]1CC[C@@H]2[C@H]([C@H]1C=O)[C@@H](C)N(C(=O)OC(C)(C)C)S2(=O)=O. The summed E-state index contributed by atoms with van der Waals surface area (Å²) in [4.78, 5) is 24.0. The van der Waals surface area contributed by atoms with Crippen LogP contribution in [0.3, 0.4) is 0 Å².